The molecule has 0 saturated carbocycles. The van der Waals surface area contributed by atoms with Gasteiger partial charge in [0.05, 0.1) is 28.5 Å². The average molecular weight is 476 g/mol. The van der Waals surface area contributed by atoms with Crippen LogP contribution in [0.1, 0.15) is 22.9 Å². The number of benzene rings is 2. The summed E-state index contributed by atoms with van der Waals surface area (Å²) >= 11 is 6.27. The number of hydrogen-bond donors (Lipinski definition) is 3. The van der Waals surface area contributed by atoms with E-state index in [0.29, 0.717) is 16.9 Å². The van der Waals surface area contributed by atoms with Crippen LogP contribution in [-0.4, -0.2) is 33.1 Å². The zero-order valence-electron chi connectivity index (χ0n) is 16.6. The monoisotopic (exact) mass is 475 g/mol. The zero-order valence-corrected chi connectivity index (χ0v) is 17.3. The molecule has 0 unspecified atom stereocenters. The lowest BCUT2D eigenvalue weighted by molar-refractivity contribution is -0.115. The molecule has 12 heteroatoms. The molecule has 168 valence electrons. The molecule has 2 aromatic heterocycles. The summed E-state index contributed by atoms with van der Waals surface area (Å²) in [5, 5.41) is 25.6. The number of halogens is 5. The number of anilines is 2. The minimum atomic E-state index is -4.50. The Labute approximate surface area is 189 Å². The minimum Gasteiger partial charge on any atom is -0.375 e. The molecule has 33 heavy (non-hydrogen) atoms. The molecule has 0 amide bonds. The Hall–Kier alpha value is -3.91. The van der Waals surface area contributed by atoms with Gasteiger partial charge in [-0.1, -0.05) is 28.9 Å². The lowest BCUT2D eigenvalue weighted by Crippen LogP contribution is -2.22. The number of nitriles is 1. The topological polar surface area (TPSA) is 102 Å². The molecular formula is C21H14ClF4N7. The maximum atomic E-state index is 13.5. The molecule has 0 aliphatic heterocycles. The van der Waals surface area contributed by atoms with E-state index in [2.05, 4.69) is 31.0 Å². The van der Waals surface area contributed by atoms with E-state index in [1.165, 1.54) is 24.4 Å². The van der Waals surface area contributed by atoms with Crippen molar-refractivity contribution in [3.05, 3.63) is 76.5 Å². The van der Waals surface area contributed by atoms with Crippen molar-refractivity contribution in [2.24, 2.45) is 0 Å². The first kappa shape index (κ1) is 22.3. The van der Waals surface area contributed by atoms with E-state index in [0.717, 1.165) is 0 Å². The maximum Gasteiger partial charge on any atom is 0.405 e. The van der Waals surface area contributed by atoms with Crippen LogP contribution >= 0.6 is 11.6 Å². The van der Waals surface area contributed by atoms with Gasteiger partial charge in [0.25, 0.3) is 0 Å². The van der Waals surface area contributed by atoms with Gasteiger partial charge >= 0.3 is 6.18 Å². The molecule has 2 heterocycles. The van der Waals surface area contributed by atoms with E-state index in [9.17, 15) is 22.8 Å². The summed E-state index contributed by atoms with van der Waals surface area (Å²) in [5.74, 6) is -0.420. The van der Waals surface area contributed by atoms with Crippen LogP contribution in [0.15, 0.2) is 48.8 Å². The highest BCUT2D eigenvalue weighted by Crippen LogP contribution is 2.36. The number of nitrogens with zero attached hydrogens (tertiary/aromatic N) is 4. The van der Waals surface area contributed by atoms with Crippen LogP contribution in [0, 0.1) is 17.1 Å². The third-order valence-corrected chi connectivity index (χ3v) is 4.97. The third kappa shape index (κ3) is 4.96. The molecule has 0 saturated heterocycles. The fourth-order valence-corrected chi connectivity index (χ4v) is 3.55. The lowest BCUT2D eigenvalue weighted by Gasteiger charge is -2.21. The van der Waals surface area contributed by atoms with Crippen molar-refractivity contribution in [2.75, 3.05) is 17.2 Å². The quantitative estimate of drug-likeness (QED) is 0.332. The predicted molar refractivity (Wildman–Crippen MR) is 114 cm³/mol. The standard InChI is InChI=1S/C21H14ClF4N7/c22-13-5-15-18(29-10-21(24,25)26)12(7-27)8-28-20(15)16(6-13)31-19(17-9-30-33-32-17)11-1-3-14(23)4-2-11/h1-6,8-9,19,31H,10H2,(H,28,29)(H,30,32,33)/t19-/m0/s1. The summed E-state index contributed by atoms with van der Waals surface area (Å²) in [4.78, 5) is 4.27. The van der Waals surface area contributed by atoms with Crippen molar-refractivity contribution < 1.29 is 17.6 Å². The maximum absolute atomic E-state index is 13.5. The molecular weight excluding hydrogens is 462 g/mol. The second kappa shape index (κ2) is 8.91. The molecule has 0 aliphatic carbocycles. The fourth-order valence-electron chi connectivity index (χ4n) is 3.33. The highest BCUT2D eigenvalue weighted by molar-refractivity contribution is 6.32. The van der Waals surface area contributed by atoms with Crippen LogP contribution in [0.2, 0.25) is 5.02 Å². The van der Waals surface area contributed by atoms with E-state index in [1.807, 2.05) is 6.07 Å². The molecule has 0 spiro atoms. The van der Waals surface area contributed by atoms with Crippen LogP contribution in [-0.2, 0) is 0 Å². The Morgan fingerprint density at radius 1 is 1.18 bits per heavy atom. The number of alkyl halides is 3. The molecule has 3 N–H and O–H groups in total. The number of pyridine rings is 1. The van der Waals surface area contributed by atoms with Gasteiger partial charge in [0, 0.05) is 22.8 Å². The van der Waals surface area contributed by atoms with Crippen molar-refractivity contribution in [3.8, 4) is 6.07 Å². The summed E-state index contributed by atoms with van der Waals surface area (Å²) < 4.78 is 52.0. The summed E-state index contributed by atoms with van der Waals surface area (Å²) in [5.41, 5.74) is 1.66. The zero-order chi connectivity index (χ0) is 23.6. The molecule has 4 aromatic rings. The first-order chi connectivity index (χ1) is 15.7. The van der Waals surface area contributed by atoms with E-state index < -0.39 is 24.6 Å². The van der Waals surface area contributed by atoms with Crippen LogP contribution in [0.4, 0.5) is 28.9 Å². The highest BCUT2D eigenvalue weighted by atomic mass is 35.5. The molecule has 2 aromatic carbocycles. The fraction of sp³-hybridized carbons (Fsp3) is 0.143. The van der Waals surface area contributed by atoms with Crippen molar-refractivity contribution in [1.82, 2.24) is 20.4 Å². The van der Waals surface area contributed by atoms with Crippen LogP contribution in [0.25, 0.3) is 10.9 Å². The van der Waals surface area contributed by atoms with Gasteiger partial charge in [0.2, 0.25) is 0 Å². The molecule has 0 fully saturated rings. The van der Waals surface area contributed by atoms with Gasteiger partial charge in [-0.2, -0.15) is 18.4 Å². The van der Waals surface area contributed by atoms with E-state index in [1.54, 1.807) is 24.4 Å². The Bertz CT molecular complexity index is 1320. The average Bonchev–Trinajstić information content (AvgIpc) is 3.30. The first-order valence-electron chi connectivity index (χ1n) is 9.46. The number of fused-ring (bicyclic) bond motifs is 1. The lowest BCUT2D eigenvalue weighted by atomic mass is 10.0. The van der Waals surface area contributed by atoms with E-state index in [4.69, 9.17) is 11.6 Å². The Balaban J connectivity index is 1.83. The van der Waals surface area contributed by atoms with Gasteiger partial charge < -0.3 is 10.6 Å². The first-order valence-corrected chi connectivity index (χ1v) is 9.84. The van der Waals surface area contributed by atoms with Gasteiger partial charge in [-0.3, -0.25) is 10.1 Å². The second-order valence-corrected chi connectivity index (χ2v) is 7.44. The summed E-state index contributed by atoms with van der Waals surface area (Å²) in [6, 6.07) is 9.90. The third-order valence-electron chi connectivity index (χ3n) is 4.76. The Morgan fingerprint density at radius 2 is 1.94 bits per heavy atom. The number of rotatable bonds is 6. The van der Waals surface area contributed by atoms with Crippen molar-refractivity contribution in [2.45, 2.75) is 12.2 Å². The molecule has 0 radical (unpaired) electrons. The van der Waals surface area contributed by atoms with Crippen molar-refractivity contribution in [1.29, 1.82) is 5.26 Å². The van der Waals surface area contributed by atoms with Crippen LogP contribution in [0.3, 0.4) is 0 Å². The van der Waals surface area contributed by atoms with Gasteiger partial charge in [-0.25, -0.2) is 4.39 Å². The van der Waals surface area contributed by atoms with Crippen molar-refractivity contribution >= 4 is 33.9 Å². The van der Waals surface area contributed by atoms with Gasteiger partial charge in [-0.05, 0) is 29.8 Å². The Morgan fingerprint density at radius 3 is 2.58 bits per heavy atom. The largest absolute Gasteiger partial charge is 0.405 e. The van der Waals surface area contributed by atoms with Crippen LogP contribution < -0.4 is 10.6 Å². The highest BCUT2D eigenvalue weighted by Gasteiger charge is 2.28. The SMILES string of the molecule is N#Cc1cnc2c(N[C@@H](c3ccc(F)cc3)c3c[nH]nn3)cc(Cl)cc2c1NCC(F)(F)F. The molecule has 7 nitrogen and oxygen atoms in total. The van der Waals surface area contributed by atoms with Crippen molar-refractivity contribution in [3.63, 3.8) is 0 Å². The summed E-state index contributed by atoms with van der Waals surface area (Å²) in [7, 11) is 0. The van der Waals surface area contributed by atoms with Crippen LogP contribution in [0.5, 0.6) is 0 Å². The number of aromatic amines is 1. The normalized spacial score (nSPS) is 12.4. The van der Waals surface area contributed by atoms with Gasteiger partial charge in [0.15, 0.2) is 0 Å². The molecule has 4 rings (SSSR count). The summed E-state index contributed by atoms with van der Waals surface area (Å²) in [6.07, 6.45) is -1.77. The van der Waals surface area contributed by atoms with Gasteiger partial charge in [-0.15, -0.1) is 5.10 Å². The number of nitrogens with one attached hydrogen (secondary N) is 3. The van der Waals surface area contributed by atoms with E-state index >= 15 is 0 Å². The minimum absolute atomic E-state index is 0.0369. The van der Waals surface area contributed by atoms with Gasteiger partial charge in [0.1, 0.15) is 24.1 Å². The number of aromatic nitrogens is 4. The second-order valence-electron chi connectivity index (χ2n) is 7.00. The van der Waals surface area contributed by atoms with E-state index in [-0.39, 0.29) is 27.2 Å². The smallest absolute Gasteiger partial charge is 0.375 e. The molecule has 0 bridgehead atoms. The molecule has 1 atom stereocenters. The predicted octanol–water partition coefficient (Wildman–Crippen LogP) is 5.19. The number of H-pyrrole nitrogens is 1. The summed E-state index contributed by atoms with van der Waals surface area (Å²) in [6.45, 7) is -1.34. The number of hydrogen-bond acceptors (Lipinski definition) is 6. The Kier molecular flexibility index (Phi) is 6.02. The molecule has 0 aliphatic rings.